The monoisotopic (exact) mass is 412 g/mol. The lowest BCUT2D eigenvalue weighted by molar-refractivity contribution is -0.143. The first-order valence-electron chi connectivity index (χ1n) is 9.88. The molecule has 4 rings (SSSR count). The maximum atomic E-state index is 13.1. The van der Waals surface area contributed by atoms with E-state index in [0.29, 0.717) is 31.3 Å². The van der Waals surface area contributed by atoms with Crippen LogP contribution in [0, 0.1) is 19.8 Å². The van der Waals surface area contributed by atoms with Crippen molar-refractivity contribution in [1.29, 1.82) is 0 Å². The number of fused-ring (bicyclic) bond motifs is 1. The van der Waals surface area contributed by atoms with Crippen molar-refractivity contribution >= 4 is 28.3 Å². The molecule has 0 aliphatic carbocycles. The molecule has 1 aromatic carbocycles. The second-order valence-electron chi connectivity index (χ2n) is 7.67. The number of hydrogen-bond acceptors (Lipinski definition) is 4. The van der Waals surface area contributed by atoms with Crippen molar-refractivity contribution in [3.05, 3.63) is 58.6 Å². The van der Waals surface area contributed by atoms with Crippen molar-refractivity contribution in [3.63, 3.8) is 0 Å². The van der Waals surface area contributed by atoms with Crippen molar-refractivity contribution in [2.45, 2.75) is 33.4 Å². The largest absolute Gasteiger partial charge is 0.368 e. The molecule has 0 N–H and O–H groups in total. The number of halogens is 1. The number of hydrogen-bond donors (Lipinski definition) is 0. The standard InChI is InChI=1S/C22H25ClN4O2/c1-14(12-27-16(3)21(23)15(2)25-27)22(28)26-8-9-29-20(13-26)19-10-17-6-4-5-7-18(17)11-24-19/h4-7,10-11,14,20H,8-9,12-13H2,1-3H3/t14-,20-/m0/s1. The zero-order valence-electron chi connectivity index (χ0n) is 16.9. The molecule has 3 heterocycles. The quantitative estimate of drug-likeness (QED) is 0.651. The van der Waals surface area contributed by atoms with Gasteiger partial charge in [0.05, 0.1) is 47.7 Å². The Morgan fingerprint density at radius 2 is 2.07 bits per heavy atom. The molecule has 1 amide bonds. The van der Waals surface area contributed by atoms with Gasteiger partial charge in [-0.25, -0.2) is 0 Å². The van der Waals surface area contributed by atoms with Crippen LogP contribution in [0.5, 0.6) is 0 Å². The van der Waals surface area contributed by atoms with Crippen molar-refractivity contribution in [1.82, 2.24) is 19.7 Å². The van der Waals surface area contributed by atoms with E-state index >= 15 is 0 Å². The zero-order valence-corrected chi connectivity index (χ0v) is 17.7. The Hall–Kier alpha value is -2.44. The highest BCUT2D eigenvalue weighted by Gasteiger charge is 2.29. The number of carbonyl (C=O) groups excluding carboxylic acids is 1. The molecule has 29 heavy (non-hydrogen) atoms. The van der Waals surface area contributed by atoms with Crippen LogP contribution >= 0.6 is 11.6 Å². The molecule has 1 aliphatic rings. The molecule has 6 nitrogen and oxygen atoms in total. The van der Waals surface area contributed by atoms with Crippen molar-refractivity contribution in [3.8, 4) is 0 Å². The van der Waals surface area contributed by atoms with Gasteiger partial charge in [0.2, 0.25) is 5.91 Å². The Morgan fingerprint density at radius 1 is 1.31 bits per heavy atom. The van der Waals surface area contributed by atoms with Crippen molar-refractivity contribution < 1.29 is 9.53 Å². The molecule has 0 spiro atoms. The Labute approximate surface area is 175 Å². The number of ether oxygens (including phenoxy) is 1. The van der Waals surface area contributed by atoms with Crippen LogP contribution in [0.3, 0.4) is 0 Å². The van der Waals surface area contributed by atoms with Gasteiger partial charge in [-0.1, -0.05) is 42.8 Å². The average molecular weight is 413 g/mol. The zero-order chi connectivity index (χ0) is 20.5. The highest BCUT2D eigenvalue weighted by molar-refractivity contribution is 6.31. The number of aromatic nitrogens is 3. The van der Waals surface area contributed by atoms with Gasteiger partial charge in [-0.05, 0) is 25.3 Å². The lowest BCUT2D eigenvalue weighted by Gasteiger charge is -2.34. The van der Waals surface area contributed by atoms with Crippen molar-refractivity contribution in [2.24, 2.45) is 5.92 Å². The number of rotatable bonds is 4. The minimum Gasteiger partial charge on any atom is -0.368 e. The molecule has 152 valence electrons. The summed E-state index contributed by atoms with van der Waals surface area (Å²) in [4.78, 5) is 19.5. The number of carbonyl (C=O) groups is 1. The second kappa shape index (κ2) is 8.13. The third-order valence-electron chi connectivity index (χ3n) is 5.52. The van der Waals surface area contributed by atoms with E-state index in [1.165, 1.54) is 0 Å². The lowest BCUT2D eigenvalue weighted by Crippen LogP contribution is -2.45. The van der Waals surface area contributed by atoms with Crippen molar-refractivity contribution in [2.75, 3.05) is 19.7 Å². The van der Waals surface area contributed by atoms with E-state index in [1.54, 1.807) is 0 Å². The fraction of sp³-hybridized carbons (Fsp3) is 0.409. The van der Waals surface area contributed by atoms with E-state index in [1.807, 2.05) is 54.7 Å². The maximum Gasteiger partial charge on any atom is 0.227 e. The third-order valence-corrected chi connectivity index (χ3v) is 6.07. The van der Waals surface area contributed by atoms with Crippen LogP contribution in [-0.2, 0) is 16.1 Å². The number of nitrogens with zero attached hydrogens (tertiary/aromatic N) is 4. The number of pyridine rings is 1. The predicted molar refractivity (Wildman–Crippen MR) is 113 cm³/mol. The minimum atomic E-state index is -0.215. The van der Waals surface area contributed by atoms with E-state index in [4.69, 9.17) is 16.3 Å². The van der Waals surface area contributed by atoms with Gasteiger partial charge in [0, 0.05) is 18.1 Å². The van der Waals surface area contributed by atoms with E-state index in [-0.39, 0.29) is 17.9 Å². The molecule has 7 heteroatoms. The summed E-state index contributed by atoms with van der Waals surface area (Å²) in [5, 5.41) is 7.33. The highest BCUT2D eigenvalue weighted by Crippen LogP contribution is 2.25. The number of benzene rings is 1. The molecule has 1 saturated heterocycles. The van der Waals surface area contributed by atoms with E-state index < -0.39 is 0 Å². The number of aryl methyl sites for hydroxylation is 1. The molecule has 0 bridgehead atoms. The second-order valence-corrected chi connectivity index (χ2v) is 8.05. The summed E-state index contributed by atoms with van der Waals surface area (Å²) in [6, 6.07) is 10.2. The fourth-order valence-electron chi connectivity index (χ4n) is 3.81. The van der Waals surface area contributed by atoms with Crippen LogP contribution in [0.25, 0.3) is 10.8 Å². The van der Waals surface area contributed by atoms with E-state index in [9.17, 15) is 4.79 Å². The SMILES string of the molecule is Cc1nn(C[C@H](C)C(=O)N2CCO[C@H](c3cc4ccccc4cn3)C2)c(C)c1Cl. The topological polar surface area (TPSA) is 60.2 Å². The summed E-state index contributed by atoms with van der Waals surface area (Å²) in [5.74, 6) is -0.102. The minimum absolute atomic E-state index is 0.0998. The first-order chi connectivity index (χ1) is 13.9. The normalized spacial score (nSPS) is 18.2. The summed E-state index contributed by atoms with van der Waals surface area (Å²) < 4.78 is 7.76. The summed E-state index contributed by atoms with van der Waals surface area (Å²) in [6.45, 7) is 7.85. The summed E-state index contributed by atoms with van der Waals surface area (Å²) in [6.07, 6.45) is 1.65. The smallest absolute Gasteiger partial charge is 0.227 e. The Balaban J connectivity index is 1.46. The van der Waals surface area contributed by atoms with Crippen LogP contribution < -0.4 is 0 Å². The maximum absolute atomic E-state index is 13.1. The van der Waals surface area contributed by atoms with Gasteiger partial charge in [0.15, 0.2) is 0 Å². The van der Waals surface area contributed by atoms with Crippen LogP contribution in [0.15, 0.2) is 36.5 Å². The molecule has 1 aliphatic heterocycles. The van der Waals surface area contributed by atoms with Gasteiger partial charge in [-0.2, -0.15) is 5.10 Å². The summed E-state index contributed by atoms with van der Waals surface area (Å²) >= 11 is 6.24. The van der Waals surface area contributed by atoms with E-state index in [0.717, 1.165) is 27.9 Å². The molecular weight excluding hydrogens is 388 g/mol. The number of amides is 1. The van der Waals surface area contributed by atoms with E-state index in [2.05, 4.69) is 22.2 Å². The molecule has 0 radical (unpaired) electrons. The highest BCUT2D eigenvalue weighted by atomic mass is 35.5. The van der Waals surface area contributed by atoms with Gasteiger partial charge in [0.25, 0.3) is 0 Å². The van der Waals surface area contributed by atoms with Gasteiger partial charge in [-0.15, -0.1) is 0 Å². The van der Waals surface area contributed by atoms with Gasteiger partial charge in [0.1, 0.15) is 6.10 Å². The molecule has 2 aromatic heterocycles. The Kier molecular flexibility index (Phi) is 5.56. The van der Waals surface area contributed by atoms with Gasteiger partial charge in [-0.3, -0.25) is 14.5 Å². The Morgan fingerprint density at radius 3 is 2.79 bits per heavy atom. The van der Waals surface area contributed by atoms with Gasteiger partial charge < -0.3 is 9.64 Å². The molecule has 0 saturated carbocycles. The fourth-order valence-corrected chi connectivity index (χ4v) is 3.94. The molecule has 1 fully saturated rings. The van der Waals surface area contributed by atoms with Gasteiger partial charge >= 0.3 is 0 Å². The predicted octanol–water partition coefficient (Wildman–Crippen LogP) is 3.94. The third kappa shape index (κ3) is 4.00. The lowest BCUT2D eigenvalue weighted by atomic mass is 10.1. The van der Waals surface area contributed by atoms with Crippen LogP contribution in [0.2, 0.25) is 5.02 Å². The number of morpholine rings is 1. The molecule has 3 aromatic rings. The van der Waals surface area contributed by atoms with Crippen LogP contribution in [-0.4, -0.2) is 45.3 Å². The molecule has 0 unspecified atom stereocenters. The Bertz CT molecular complexity index is 1050. The molecule has 2 atom stereocenters. The summed E-state index contributed by atoms with van der Waals surface area (Å²) in [5.41, 5.74) is 2.54. The van der Waals surface area contributed by atoms with Crippen LogP contribution in [0.4, 0.5) is 0 Å². The van der Waals surface area contributed by atoms with Crippen LogP contribution in [0.1, 0.15) is 30.1 Å². The first kappa shape index (κ1) is 19.9. The first-order valence-corrected chi connectivity index (χ1v) is 10.3. The molecular formula is C22H25ClN4O2. The average Bonchev–Trinajstić information content (AvgIpc) is 2.99. The summed E-state index contributed by atoms with van der Waals surface area (Å²) in [7, 11) is 0.